The summed E-state index contributed by atoms with van der Waals surface area (Å²) in [5.74, 6) is 0. The van der Waals surface area contributed by atoms with Gasteiger partial charge in [-0.05, 0) is 69.2 Å². The molecule has 1 aromatic heterocycles. The lowest BCUT2D eigenvalue weighted by Crippen LogP contribution is -2.61. The normalized spacial score (nSPS) is 13.5. The molecule has 0 atom stereocenters. The lowest BCUT2D eigenvalue weighted by molar-refractivity contribution is 0.590. The second-order valence-electron chi connectivity index (χ2n) is 11.8. The summed E-state index contributed by atoms with van der Waals surface area (Å²) in [6.45, 7) is 6.79. The van der Waals surface area contributed by atoms with E-state index in [1.54, 1.807) is 0 Å². The van der Waals surface area contributed by atoms with E-state index in [0.29, 0.717) is 0 Å². The molecule has 8 rings (SSSR count). The van der Waals surface area contributed by atoms with Crippen molar-refractivity contribution in [2.75, 3.05) is 4.90 Å². The van der Waals surface area contributed by atoms with Crippen LogP contribution >= 0.6 is 0 Å². The standard InChI is InChI=1S/C35H27BN2O/c1-35(2,3)22-16-18-23(19-17-22)37-29-14-8-6-12-27(29)36-28-13-7-9-15-30(28)38-33-25(20-21-31(37)32(33)36)24-10-4-5-11-26(24)34(38)39/h4-21H,1-3H3. The van der Waals surface area contributed by atoms with Crippen LogP contribution in [0.25, 0.3) is 27.4 Å². The molecule has 2 aliphatic heterocycles. The van der Waals surface area contributed by atoms with Gasteiger partial charge in [-0.2, -0.15) is 0 Å². The van der Waals surface area contributed by atoms with Crippen molar-refractivity contribution in [3.8, 4) is 5.69 Å². The molecule has 0 bridgehead atoms. The molecule has 3 nitrogen and oxygen atoms in total. The van der Waals surface area contributed by atoms with Crippen LogP contribution in [0.5, 0.6) is 0 Å². The average molecular weight is 502 g/mol. The third kappa shape index (κ3) is 2.97. The van der Waals surface area contributed by atoms with Gasteiger partial charge in [0.05, 0.1) is 5.52 Å². The van der Waals surface area contributed by atoms with Gasteiger partial charge in [0.1, 0.15) is 0 Å². The first kappa shape index (κ1) is 22.4. The highest BCUT2D eigenvalue weighted by Gasteiger charge is 2.41. The fraction of sp³-hybridized carbons (Fsp3) is 0.114. The number of nitrogens with zero attached hydrogens (tertiary/aromatic N) is 2. The third-order valence-corrected chi connectivity index (χ3v) is 8.57. The molecule has 4 heteroatoms. The maximum absolute atomic E-state index is 14.1. The van der Waals surface area contributed by atoms with Crippen molar-refractivity contribution in [1.29, 1.82) is 0 Å². The molecule has 0 spiro atoms. The van der Waals surface area contributed by atoms with Crippen LogP contribution in [0.3, 0.4) is 0 Å². The molecule has 0 amide bonds. The van der Waals surface area contributed by atoms with Gasteiger partial charge in [0.25, 0.3) is 12.3 Å². The molecule has 0 unspecified atom stereocenters. The summed E-state index contributed by atoms with van der Waals surface area (Å²) in [5.41, 5.74) is 10.5. The fourth-order valence-corrected chi connectivity index (χ4v) is 6.76. The zero-order valence-corrected chi connectivity index (χ0v) is 22.3. The summed E-state index contributed by atoms with van der Waals surface area (Å²) >= 11 is 0. The van der Waals surface area contributed by atoms with E-state index in [2.05, 4.69) is 111 Å². The molecule has 2 aliphatic rings. The van der Waals surface area contributed by atoms with E-state index in [9.17, 15) is 4.79 Å². The van der Waals surface area contributed by atoms with E-state index < -0.39 is 0 Å². The summed E-state index contributed by atoms with van der Waals surface area (Å²) in [6, 6.07) is 38.6. The quantitative estimate of drug-likeness (QED) is 0.202. The van der Waals surface area contributed by atoms with Gasteiger partial charge in [0, 0.05) is 33.5 Å². The predicted molar refractivity (Wildman–Crippen MR) is 165 cm³/mol. The SMILES string of the molecule is CC(C)(C)c1ccc(N2c3ccccc3B3c4ccccc4-n4c(=O)c5ccccc5c5ccc2c3c54)cc1. The second-order valence-corrected chi connectivity index (χ2v) is 11.8. The Balaban J connectivity index is 1.53. The Labute approximate surface area is 228 Å². The van der Waals surface area contributed by atoms with Crippen molar-refractivity contribution < 1.29 is 0 Å². The molecule has 0 radical (unpaired) electrons. The van der Waals surface area contributed by atoms with Gasteiger partial charge in [-0.15, -0.1) is 0 Å². The third-order valence-electron chi connectivity index (χ3n) is 8.57. The molecular formula is C35H27BN2O. The van der Waals surface area contributed by atoms with Crippen LogP contribution < -0.4 is 26.8 Å². The number of aromatic nitrogens is 1. The minimum absolute atomic E-state index is 0.0392. The van der Waals surface area contributed by atoms with Crippen LogP contribution in [0.15, 0.2) is 114 Å². The van der Waals surface area contributed by atoms with E-state index in [1.807, 2.05) is 28.8 Å². The molecule has 0 saturated heterocycles. The molecule has 39 heavy (non-hydrogen) atoms. The van der Waals surface area contributed by atoms with Crippen molar-refractivity contribution in [1.82, 2.24) is 4.57 Å². The zero-order chi connectivity index (χ0) is 26.5. The van der Waals surface area contributed by atoms with Crippen LogP contribution in [0.2, 0.25) is 0 Å². The van der Waals surface area contributed by atoms with Crippen molar-refractivity contribution >= 4 is 61.8 Å². The van der Waals surface area contributed by atoms with Gasteiger partial charge < -0.3 is 4.90 Å². The Morgan fingerprint density at radius 2 is 1.21 bits per heavy atom. The monoisotopic (exact) mass is 502 g/mol. The van der Waals surface area contributed by atoms with E-state index >= 15 is 0 Å². The first-order valence-electron chi connectivity index (χ1n) is 13.6. The van der Waals surface area contributed by atoms with E-state index in [1.165, 1.54) is 27.6 Å². The van der Waals surface area contributed by atoms with Gasteiger partial charge >= 0.3 is 0 Å². The molecule has 0 saturated carbocycles. The van der Waals surface area contributed by atoms with Gasteiger partial charge in [0.15, 0.2) is 0 Å². The Morgan fingerprint density at radius 1 is 0.590 bits per heavy atom. The molecule has 0 N–H and O–H groups in total. The summed E-state index contributed by atoms with van der Waals surface area (Å²) < 4.78 is 1.97. The molecular weight excluding hydrogens is 475 g/mol. The number of fused-ring (bicyclic) bond motifs is 7. The number of hydrogen-bond donors (Lipinski definition) is 0. The lowest BCUT2D eigenvalue weighted by atomic mass is 9.33. The number of anilines is 3. The van der Waals surface area contributed by atoms with Crippen LogP contribution in [0, 0.1) is 0 Å². The molecule has 186 valence electrons. The first-order chi connectivity index (χ1) is 18.9. The Morgan fingerprint density at radius 3 is 1.92 bits per heavy atom. The van der Waals surface area contributed by atoms with Gasteiger partial charge in [0.2, 0.25) is 0 Å². The summed E-state index contributed by atoms with van der Waals surface area (Å²) in [4.78, 5) is 16.5. The molecule has 6 aromatic rings. The highest BCUT2D eigenvalue weighted by molar-refractivity contribution is 7.00. The average Bonchev–Trinajstić information content (AvgIpc) is 2.96. The minimum atomic E-state index is 0.0392. The number of para-hydroxylation sites is 2. The Hall–Kier alpha value is -4.57. The summed E-state index contributed by atoms with van der Waals surface area (Å²) in [6.07, 6.45) is 0. The topological polar surface area (TPSA) is 25.2 Å². The van der Waals surface area contributed by atoms with Gasteiger partial charge in [-0.3, -0.25) is 9.36 Å². The molecule has 0 fully saturated rings. The number of rotatable bonds is 1. The first-order valence-corrected chi connectivity index (χ1v) is 13.6. The molecule has 0 aliphatic carbocycles. The van der Waals surface area contributed by atoms with Crippen molar-refractivity contribution in [3.63, 3.8) is 0 Å². The molecule has 3 heterocycles. The van der Waals surface area contributed by atoms with Crippen molar-refractivity contribution in [3.05, 3.63) is 125 Å². The van der Waals surface area contributed by atoms with Crippen LogP contribution in [0.1, 0.15) is 26.3 Å². The maximum atomic E-state index is 14.1. The van der Waals surface area contributed by atoms with Crippen LogP contribution in [-0.2, 0) is 5.41 Å². The second kappa shape index (κ2) is 7.73. The van der Waals surface area contributed by atoms with Gasteiger partial charge in [-0.1, -0.05) is 93.6 Å². The maximum Gasteiger partial charge on any atom is 0.263 e. The largest absolute Gasteiger partial charge is 0.311 e. The fourth-order valence-electron chi connectivity index (χ4n) is 6.76. The minimum Gasteiger partial charge on any atom is -0.311 e. The number of hydrogen-bond acceptors (Lipinski definition) is 2. The van der Waals surface area contributed by atoms with Crippen molar-refractivity contribution in [2.24, 2.45) is 0 Å². The highest BCUT2D eigenvalue weighted by atomic mass is 16.1. The number of pyridine rings is 1. The predicted octanol–water partition coefficient (Wildman–Crippen LogP) is 6.05. The summed E-state index contributed by atoms with van der Waals surface area (Å²) in [7, 11) is 0. The van der Waals surface area contributed by atoms with Crippen LogP contribution in [0.4, 0.5) is 17.1 Å². The van der Waals surface area contributed by atoms with E-state index in [0.717, 1.165) is 38.7 Å². The number of benzene rings is 5. The molecule has 5 aromatic carbocycles. The zero-order valence-electron chi connectivity index (χ0n) is 22.3. The van der Waals surface area contributed by atoms with Crippen molar-refractivity contribution in [2.45, 2.75) is 26.2 Å². The Bertz CT molecular complexity index is 2030. The Kier molecular flexibility index (Phi) is 4.45. The van der Waals surface area contributed by atoms with E-state index in [4.69, 9.17) is 0 Å². The van der Waals surface area contributed by atoms with Gasteiger partial charge in [-0.25, -0.2) is 0 Å². The summed E-state index contributed by atoms with van der Waals surface area (Å²) in [5, 5.41) is 2.88. The van der Waals surface area contributed by atoms with E-state index in [-0.39, 0.29) is 17.7 Å². The lowest BCUT2D eigenvalue weighted by Gasteiger charge is -2.40. The smallest absolute Gasteiger partial charge is 0.263 e. The highest BCUT2D eigenvalue weighted by Crippen LogP contribution is 2.40. The van der Waals surface area contributed by atoms with Crippen LogP contribution in [-0.4, -0.2) is 11.3 Å².